The molecule has 3 heteroatoms. The third-order valence-corrected chi connectivity index (χ3v) is 4.11. The molecule has 0 aliphatic carbocycles. The Bertz CT molecular complexity index is 357. The highest BCUT2D eigenvalue weighted by molar-refractivity contribution is 5.10. The Morgan fingerprint density at radius 1 is 1.32 bits per heavy atom. The summed E-state index contributed by atoms with van der Waals surface area (Å²) in [6.07, 6.45) is 6.30. The molecule has 19 heavy (non-hydrogen) atoms. The minimum atomic E-state index is 0.568. The van der Waals surface area contributed by atoms with Gasteiger partial charge in [-0.2, -0.15) is 5.10 Å². The van der Waals surface area contributed by atoms with Gasteiger partial charge in [-0.25, -0.2) is 0 Å². The molecule has 1 aromatic heterocycles. The Hall–Kier alpha value is -0.830. The highest BCUT2D eigenvalue weighted by atomic mass is 15.3. The predicted octanol–water partition coefficient (Wildman–Crippen LogP) is 3.56. The Balaban J connectivity index is 2.73. The summed E-state index contributed by atoms with van der Waals surface area (Å²) in [6, 6.07) is 2.80. The van der Waals surface area contributed by atoms with E-state index in [1.165, 1.54) is 31.4 Å². The fraction of sp³-hybridized carbons (Fsp3) is 0.812. The SMILES string of the molecule is CCCCC(CC)C(Cc1cc(C)nn1CC)NC. The summed E-state index contributed by atoms with van der Waals surface area (Å²) in [6.45, 7) is 9.80. The lowest BCUT2D eigenvalue weighted by Crippen LogP contribution is -2.36. The number of aromatic nitrogens is 2. The molecule has 2 unspecified atom stereocenters. The van der Waals surface area contributed by atoms with Crippen molar-refractivity contribution < 1.29 is 0 Å². The number of hydrogen-bond acceptors (Lipinski definition) is 2. The number of unbranched alkanes of at least 4 members (excludes halogenated alkanes) is 1. The summed E-state index contributed by atoms with van der Waals surface area (Å²) in [5.74, 6) is 0.769. The van der Waals surface area contributed by atoms with Crippen LogP contribution >= 0.6 is 0 Å². The van der Waals surface area contributed by atoms with Crippen LogP contribution in [0.25, 0.3) is 0 Å². The smallest absolute Gasteiger partial charge is 0.0596 e. The zero-order valence-corrected chi connectivity index (χ0v) is 13.4. The molecule has 1 heterocycles. The summed E-state index contributed by atoms with van der Waals surface area (Å²) in [5, 5.41) is 8.08. The van der Waals surface area contributed by atoms with Crippen LogP contribution in [0.3, 0.4) is 0 Å². The van der Waals surface area contributed by atoms with E-state index in [-0.39, 0.29) is 0 Å². The van der Waals surface area contributed by atoms with E-state index >= 15 is 0 Å². The summed E-state index contributed by atoms with van der Waals surface area (Å²) in [4.78, 5) is 0. The van der Waals surface area contributed by atoms with Gasteiger partial charge in [0, 0.05) is 24.7 Å². The van der Waals surface area contributed by atoms with Crippen LogP contribution in [-0.4, -0.2) is 22.9 Å². The Kier molecular flexibility index (Phi) is 7.14. The number of nitrogens with one attached hydrogen (secondary N) is 1. The van der Waals surface area contributed by atoms with Crippen molar-refractivity contribution in [3.63, 3.8) is 0 Å². The molecular weight excluding hydrogens is 234 g/mol. The molecule has 0 amide bonds. The molecule has 0 radical (unpaired) electrons. The van der Waals surface area contributed by atoms with Gasteiger partial charge in [-0.1, -0.05) is 33.1 Å². The first-order valence-electron chi connectivity index (χ1n) is 7.86. The van der Waals surface area contributed by atoms with Crippen LogP contribution in [0.5, 0.6) is 0 Å². The van der Waals surface area contributed by atoms with Gasteiger partial charge in [0.1, 0.15) is 0 Å². The molecular formula is C16H31N3. The molecule has 0 fully saturated rings. The van der Waals surface area contributed by atoms with E-state index in [0.29, 0.717) is 6.04 Å². The number of hydrogen-bond donors (Lipinski definition) is 1. The van der Waals surface area contributed by atoms with Crippen molar-refractivity contribution in [1.82, 2.24) is 15.1 Å². The van der Waals surface area contributed by atoms with Crippen LogP contribution in [0.1, 0.15) is 57.8 Å². The third-order valence-electron chi connectivity index (χ3n) is 4.11. The number of nitrogens with zero attached hydrogens (tertiary/aromatic N) is 2. The van der Waals surface area contributed by atoms with Gasteiger partial charge in [0.05, 0.1) is 5.69 Å². The van der Waals surface area contributed by atoms with Gasteiger partial charge in [-0.15, -0.1) is 0 Å². The lowest BCUT2D eigenvalue weighted by molar-refractivity contribution is 0.325. The molecule has 1 N–H and O–H groups in total. The van der Waals surface area contributed by atoms with Crippen molar-refractivity contribution in [2.45, 2.75) is 72.4 Å². The Morgan fingerprint density at radius 3 is 2.58 bits per heavy atom. The van der Waals surface area contributed by atoms with E-state index in [2.05, 4.69) is 55.9 Å². The monoisotopic (exact) mass is 265 g/mol. The van der Waals surface area contributed by atoms with Crippen molar-refractivity contribution in [3.8, 4) is 0 Å². The molecule has 0 aliphatic rings. The molecule has 2 atom stereocenters. The quantitative estimate of drug-likeness (QED) is 0.740. The average molecular weight is 265 g/mol. The van der Waals surface area contributed by atoms with E-state index in [0.717, 1.165) is 24.6 Å². The topological polar surface area (TPSA) is 29.9 Å². The largest absolute Gasteiger partial charge is 0.316 e. The van der Waals surface area contributed by atoms with Crippen LogP contribution in [-0.2, 0) is 13.0 Å². The Morgan fingerprint density at radius 2 is 2.05 bits per heavy atom. The first-order chi connectivity index (χ1) is 9.15. The van der Waals surface area contributed by atoms with Gasteiger partial charge in [0.25, 0.3) is 0 Å². The molecule has 0 aromatic carbocycles. The van der Waals surface area contributed by atoms with E-state index in [9.17, 15) is 0 Å². The zero-order chi connectivity index (χ0) is 14.3. The first-order valence-corrected chi connectivity index (χ1v) is 7.86. The van der Waals surface area contributed by atoms with Crippen LogP contribution < -0.4 is 5.32 Å². The number of aryl methyl sites for hydroxylation is 2. The predicted molar refractivity (Wildman–Crippen MR) is 82.5 cm³/mol. The number of rotatable bonds is 9. The van der Waals surface area contributed by atoms with E-state index in [1.807, 2.05) is 0 Å². The molecule has 0 saturated heterocycles. The third kappa shape index (κ3) is 4.64. The lowest BCUT2D eigenvalue weighted by Gasteiger charge is -2.26. The van der Waals surface area contributed by atoms with Crippen molar-refractivity contribution in [3.05, 3.63) is 17.5 Å². The Labute approximate surface area is 118 Å². The van der Waals surface area contributed by atoms with E-state index in [4.69, 9.17) is 0 Å². The van der Waals surface area contributed by atoms with Crippen LogP contribution in [0.15, 0.2) is 6.07 Å². The summed E-state index contributed by atoms with van der Waals surface area (Å²) < 4.78 is 2.15. The van der Waals surface area contributed by atoms with Gasteiger partial charge in [0.2, 0.25) is 0 Å². The maximum Gasteiger partial charge on any atom is 0.0596 e. The lowest BCUT2D eigenvalue weighted by atomic mass is 9.88. The first kappa shape index (κ1) is 16.2. The minimum Gasteiger partial charge on any atom is -0.316 e. The maximum absolute atomic E-state index is 4.55. The normalized spacial score (nSPS) is 14.6. The van der Waals surface area contributed by atoms with E-state index < -0.39 is 0 Å². The standard InChI is InChI=1S/C16H31N3/c1-6-9-10-14(7-2)16(17-5)12-15-11-13(4)18-19(15)8-3/h11,14,16-17H,6-10,12H2,1-5H3. The average Bonchev–Trinajstić information content (AvgIpc) is 2.78. The summed E-state index contributed by atoms with van der Waals surface area (Å²) in [5.41, 5.74) is 2.50. The molecule has 1 aromatic rings. The second kappa shape index (κ2) is 8.36. The molecule has 3 nitrogen and oxygen atoms in total. The highest BCUT2D eigenvalue weighted by Gasteiger charge is 2.20. The summed E-state index contributed by atoms with van der Waals surface area (Å²) >= 11 is 0. The fourth-order valence-electron chi connectivity index (χ4n) is 2.92. The number of likely N-dealkylation sites (N-methyl/N-ethyl adjacent to an activating group) is 1. The van der Waals surface area contributed by atoms with Gasteiger partial charge >= 0.3 is 0 Å². The molecule has 0 saturated carbocycles. The van der Waals surface area contributed by atoms with Crippen molar-refractivity contribution in [1.29, 1.82) is 0 Å². The minimum absolute atomic E-state index is 0.568. The van der Waals surface area contributed by atoms with Gasteiger partial charge in [-0.3, -0.25) is 4.68 Å². The van der Waals surface area contributed by atoms with Gasteiger partial charge in [-0.05, 0) is 39.3 Å². The van der Waals surface area contributed by atoms with E-state index in [1.54, 1.807) is 0 Å². The van der Waals surface area contributed by atoms with Crippen LogP contribution in [0.2, 0.25) is 0 Å². The maximum atomic E-state index is 4.55. The molecule has 110 valence electrons. The fourth-order valence-corrected chi connectivity index (χ4v) is 2.92. The van der Waals surface area contributed by atoms with Crippen molar-refractivity contribution in [2.75, 3.05) is 7.05 Å². The van der Waals surface area contributed by atoms with Gasteiger partial charge in [0.15, 0.2) is 0 Å². The second-order valence-electron chi connectivity index (χ2n) is 5.50. The molecule has 0 bridgehead atoms. The van der Waals surface area contributed by atoms with Crippen LogP contribution in [0, 0.1) is 12.8 Å². The molecule has 1 rings (SSSR count). The van der Waals surface area contributed by atoms with Crippen LogP contribution in [0.4, 0.5) is 0 Å². The highest BCUT2D eigenvalue weighted by Crippen LogP contribution is 2.20. The van der Waals surface area contributed by atoms with Crippen molar-refractivity contribution >= 4 is 0 Å². The zero-order valence-electron chi connectivity index (χ0n) is 13.4. The molecule has 0 spiro atoms. The summed E-state index contributed by atoms with van der Waals surface area (Å²) in [7, 11) is 2.10. The second-order valence-corrected chi connectivity index (χ2v) is 5.50. The van der Waals surface area contributed by atoms with Crippen molar-refractivity contribution in [2.24, 2.45) is 5.92 Å². The molecule has 0 aliphatic heterocycles. The van der Waals surface area contributed by atoms with Gasteiger partial charge < -0.3 is 5.32 Å².